The van der Waals surface area contributed by atoms with Crippen molar-refractivity contribution in [2.75, 3.05) is 11.6 Å². The molecule has 6 rings (SSSR count). The number of rotatable bonds is 2. The molecule has 0 atom stereocenters. The van der Waals surface area contributed by atoms with E-state index in [4.69, 9.17) is 0 Å². The Morgan fingerprint density at radius 2 is 1.48 bits per heavy atom. The van der Waals surface area contributed by atoms with E-state index in [1.807, 2.05) is 0 Å². The van der Waals surface area contributed by atoms with Crippen LogP contribution in [0.15, 0.2) is 73.1 Å². The van der Waals surface area contributed by atoms with Crippen LogP contribution < -0.4 is 4.90 Å². The van der Waals surface area contributed by atoms with Crippen molar-refractivity contribution >= 4 is 43.8 Å². The Hall–Kier alpha value is -3.20. The molecule has 132 valence electrons. The molecule has 0 radical (unpaired) electrons. The van der Waals surface area contributed by atoms with Gasteiger partial charge in [-0.3, -0.25) is 0 Å². The fraction of sp³-hybridized carbons (Fsp3) is 0.167. The Morgan fingerprint density at radius 1 is 0.741 bits per heavy atom. The maximum absolute atomic E-state index is 2.44. The van der Waals surface area contributed by atoms with Gasteiger partial charge in [0.05, 0.1) is 23.2 Å². The van der Waals surface area contributed by atoms with E-state index in [-0.39, 0.29) is 0 Å². The SMILES string of the molecule is CC(C)N1C=CN(c2ccc3c4cccc5c6ccccc6n(c3c2)c54)C1. The summed E-state index contributed by atoms with van der Waals surface area (Å²) in [5.74, 6) is 0. The summed E-state index contributed by atoms with van der Waals surface area (Å²) in [7, 11) is 0. The Kier molecular flexibility index (Phi) is 2.85. The van der Waals surface area contributed by atoms with Crippen molar-refractivity contribution < 1.29 is 0 Å². The molecular weight excluding hydrogens is 330 g/mol. The van der Waals surface area contributed by atoms with Crippen LogP contribution in [0.2, 0.25) is 0 Å². The molecule has 1 aliphatic rings. The zero-order valence-corrected chi connectivity index (χ0v) is 15.6. The molecule has 0 amide bonds. The monoisotopic (exact) mass is 351 g/mol. The molecule has 0 saturated carbocycles. The van der Waals surface area contributed by atoms with E-state index in [0.717, 1.165) is 6.67 Å². The van der Waals surface area contributed by atoms with Crippen LogP contribution >= 0.6 is 0 Å². The number of anilines is 1. The van der Waals surface area contributed by atoms with Crippen LogP contribution in [-0.2, 0) is 0 Å². The first-order chi connectivity index (χ1) is 13.2. The third-order valence-electron chi connectivity index (χ3n) is 5.96. The van der Waals surface area contributed by atoms with Crippen LogP contribution in [0.4, 0.5) is 5.69 Å². The van der Waals surface area contributed by atoms with Gasteiger partial charge in [-0.2, -0.15) is 0 Å². The second-order valence-corrected chi connectivity index (χ2v) is 7.77. The molecule has 0 fully saturated rings. The highest BCUT2D eigenvalue weighted by atomic mass is 15.3. The summed E-state index contributed by atoms with van der Waals surface area (Å²) < 4.78 is 2.44. The predicted octanol–water partition coefficient (Wildman–Crippen LogP) is 5.80. The molecule has 3 heterocycles. The number of para-hydroxylation sites is 2. The van der Waals surface area contributed by atoms with Crippen molar-refractivity contribution in [3.8, 4) is 0 Å². The van der Waals surface area contributed by atoms with E-state index < -0.39 is 0 Å². The minimum absolute atomic E-state index is 0.512. The lowest BCUT2D eigenvalue weighted by Gasteiger charge is -2.24. The third-order valence-corrected chi connectivity index (χ3v) is 5.96. The second-order valence-electron chi connectivity index (χ2n) is 7.77. The highest BCUT2D eigenvalue weighted by Crippen LogP contribution is 2.40. The first kappa shape index (κ1) is 14.9. The van der Waals surface area contributed by atoms with Crippen LogP contribution in [0.3, 0.4) is 0 Å². The number of hydrogen-bond donors (Lipinski definition) is 0. The van der Waals surface area contributed by atoms with E-state index >= 15 is 0 Å². The Labute approximate surface area is 158 Å². The third kappa shape index (κ3) is 1.91. The average molecular weight is 351 g/mol. The van der Waals surface area contributed by atoms with Gasteiger partial charge in [-0.15, -0.1) is 0 Å². The molecule has 27 heavy (non-hydrogen) atoms. The Balaban J connectivity index is 1.64. The summed E-state index contributed by atoms with van der Waals surface area (Å²) in [6, 6.07) is 22.8. The summed E-state index contributed by atoms with van der Waals surface area (Å²) in [4.78, 5) is 4.68. The zero-order chi connectivity index (χ0) is 18.1. The van der Waals surface area contributed by atoms with Gasteiger partial charge in [-0.25, -0.2) is 0 Å². The van der Waals surface area contributed by atoms with Gasteiger partial charge in [-0.1, -0.05) is 42.5 Å². The molecule has 1 aliphatic heterocycles. The molecule has 0 spiro atoms. The normalized spacial score (nSPS) is 14.9. The van der Waals surface area contributed by atoms with Gasteiger partial charge >= 0.3 is 0 Å². The zero-order valence-electron chi connectivity index (χ0n) is 15.6. The summed E-state index contributed by atoms with van der Waals surface area (Å²) in [5.41, 5.74) is 5.16. The molecular formula is C24H21N3. The van der Waals surface area contributed by atoms with Crippen molar-refractivity contribution in [3.05, 3.63) is 73.1 Å². The van der Waals surface area contributed by atoms with Gasteiger partial charge in [-0.05, 0) is 32.0 Å². The smallest absolute Gasteiger partial charge is 0.0944 e. The number of benzene rings is 3. The predicted molar refractivity (Wildman–Crippen MR) is 115 cm³/mol. The molecule has 0 bridgehead atoms. The largest absolute Gasteiger partial charge is 0.356 e. The maximum atomic E-state index is 2.44. The van der Waals surface area contributed by atoms with Crippen LogP contribution in [0.5, 0.6) is 0 Å². The van der Waals surface area contributed by atoms with Crippen molar-refractivity contribution in [2.24, 2.45) is 0 Å². The topological polar surface area (TPSA) is 10.9 Å². The summed E-state index contributed by atoms with van der Waals surface area (Å²) >= 11 is 0. The van der Waals surface area contributed by atoms with E-state index in [1.165, 1.54) is 43.8 Å². The minimum Gasteiger partial charge on any atom is -0.356 e. The van der Waals surface area contributed by atoms with Gasteiger partial charge in [0.2, 0.25) is 0 Å². The van der Waals surface area contributed by atoms with E-state index in [1.54, 1.807) is 0 Å². The summed E-state index contributed by atoms with van der Waals surface area (Å²) in [5, 5.41) is 5.34. The van der Waals surface area contributed by atoms with Gasteiger partial charge in [0, 0.05) is 45.7 Å². The van der Waals surface area contributed by atoms with E-state index in [9.17, 15) is 0 Å². The van der Waals surface area contributed by atoms with Crippen LogP contribution in [0, 0.1) is 0 Å². The molecule has 0 aliphatic carbocycles. The van der Waals surface area contributed by atoms with Crippen molar-refractivity contribution in [1.82, 2.24) is 9.30 Å². The van der Waals surface area contributed by atoms with Crippen molar-refractivity contribution in [3.63, 3.8) is 0 Å². The van der Waals surface area contributed by atoms with E-state index in [2.05, 4.69) is 101 Å². The number of hydrogen-bond acceptors (Lipinski definition) is 2. The standard InChI is InChI=1S/C24H21N3/c1-16(2)25-12-13-26(15-25)17-10-11-19-21-8-5-7-20-18-6-3-4-9-22(18)27(24(20)21)23(19)14-17/h3-14,16H,15H2,1-2H3. The minimum atomic E-state index is 0.512. The lowest BCUT2D eigenvalue weighted by molar-refractivity contribution is 0.336. The van der Waals surface area contributed by atoms with E-state index in [0.29, 0.717) is 6.04 Å². The van der Waals surface area contributed by atoms with Crippen molar-refractivity contribution in [2.45, 2.75) is 19.9 Å². The van der Waals surface area contributed by atoms with Crippen LogP contribution in [0.1, 0.15) is 13.8 Å². The molecule has 3 nitrogen and oxygen atoms in total. The number of nitrogens with zero attached hydrogens (tertiary/aromatic N) is 3. The Morgan fingerprint density at radius 3 is 2.26 bits per heavy atom. The molecule has 3 aromatic carbocycles. The molecule has 2 aromatic heterocycles. The lowest BCUT2D eigenvalue weighted by atomic mass is 10.1. The van der Waals surface area contributed by atoms with Crippen LogP contribution in [0.25, 0.3) is 38.1 Å². The fourth-order valence-corrected chi connectivity index (χ4v) is 4.54. The van der Waals surface area contributed by atoms with Gasteiger partial charge in [0.15, 0.2) is 0 Å². The molecule has 0 unspecified atom stereocenters. The van der Waals surface area contributed by atoms with Crippen LogP contribution in [-0.4, -0.2) is 22.0 Å². The van der Waals surface area contributed by atoms with Gasteiger partial charge in [0.1, 0.15) is 0 Å². The number of fused-ring (bicyclic) bond motifs is 6. The van der Waals surface area contributed by atoms with Gasteiger partial charge < -0.3 is 14.2 Å². The highest BCUT2D eigenvalue weighted by Gasteiger charge is 2.20. The second kappa shape index (κ2) is 5.17. The quantitative estimate of drug-likeness (QED) is 0.398. The maximum Gasteiger partial charge on any atom is 0.0944 e. The molecule has 3 heteroatoms. The molecule has 0 saturated heterocycles. The Bertz CT molecular complexity index is 1340. The summed E-state index contributed by atoms with van der Waals surface area (Å²) in [6.45, 7) is 5.37. The van der Waals surface area contributed by atoms with Crippen molar-refractivity contribution in [1.29, 1.82) is 0 Å². The first-order valence-electron chi connectivity index (χ1n) is 9.60. The molecule has 5 aromatic rings. The fourth-order valence-electron chi connectivity index (χ4n) is 4.54. The highest BCUT2D eigenvalue weighted by molar-refractivity contribution is 6.23. The van der Waals surface area contributed by atoms with Gasteiger partial charge in [0.25, 0.3) is 0 Å². The average Bonchev–Trinajstić information content (AvgIpc) is 3.39. The molecule has 0 N–H and O–H groups in total. The number of aromatic nitrogens is 1. The first-order valence-corrected chi connectivity index (χ1v) is 9.60. The lowest BCUT2D eigenvalue weighted by Crippen LogP contribution is -2.30. The summed E-state index contributed by atoms with van der Waals surface area (Å²) in [6.07, 6.45) is 4.38.